The second kappa shape index (κ2) is 16.1. The van der Waals surface area contributed by atoms with E-state index in [4.69, 9.17) is 39.4 Å². The third kappa shape index (κ3) is 7.84. The van der Waals surface area contributed by atoms with E-state index < -0.39 is 6.09 Å². The monoisotopic (exact) mass is 655 g/mol. The van der Waals surface area contributed by atoms with Crippen LogP contribution in [0.3, 0.4) is 0 Å². The maximum atomic E-state index is 10.9. The number of aryl methyl sites for hydroxylation is 2. The molecule has 11 nitrogen and oxygen atoms in total. The van der Waals surface area contributed by atoms with E-state index in [2.05, 4.69) is 35.0 Å². The van der Waals surface area contributed by atoms with Crippen LogP contribution >= 0.6 is 0 Å². The van der Waals surface area contributed by atoms with Crippen LogP contribution in [-0.4, -0.2) is 55.7 Å². The van der Waals surface area contributed by atoms with Gasteiger partial charge in [-0.2, -0.15) is 0 Å². The highest BCUT2D eigenvalue weighted by atomic mass is 16.5. The number of amides is 1. The van der Waals surface area contributed by atoms with Crippen LogP contribution in [0.25, 0.3) is 21.9 Å². The topological polar surface area (TPSA) is 132 Å². The molecule has 48 heavy (non-hydrogen) atoms. The molecule has 0 aliphatic heterocycles. The molecule has 3 N–H and O–H groups in total. The number of nitrogens with one attached hydrogen (secondary N) is 1. The number of nitrogens with two attached hydrogens (primary N) is 1. The minimum absolute atomic E-state index is 0.333. The van der Waals surface area contributed by atoms with Crippen molar-refractivity contribution in [3.05, 3.63) is 71.5 Å². The van der Waals surface area contributed by atoms with Crippen LogP contribution in [0.5, 0.6) is 23.0 Å². The molecule has 254 valence electrons. The van der Waals surface area contributed by atoms with Gasteiger partial charge in [-0.25, -0.2) is 14.8 Å². The highest BCUT2D eigenvalue weighted by Crippen LogP contribution is 2.37. The first-order valence-electron chi connectivity index (χ1n) is 16.3. The van der Waals surface area contributed by atoms with E-state index in [0.717, 1.165) is 95.5 Å². The van der Waals surface area contributed by atoms with Crippen LogP contribution in [0.2, 0.25) is 0 Å². The van der Waals surface area contributed by atoms with Gasteiger partial charge in [0, 0.05) is 29.5 Å². The Hall–Kier alpha value is -5.19. The summed E-state index contributed by atoms with van der Waals surface area (Å²) in [5, 5.41) is 4.56. The largest absolute Gasteiger partial charge is 0.497 e. The number of carbonyl (C=O) groups is 1. The summed E-state index contributed by atoms with van der Waals surface area (Å²) < 4.78 is 29.6. The number of anilines is 2. The SMILES string of the molecule is CCCCc1nc2c(Nc3ccc(OC)cc3OC)nc3cc(CCCCCOC(N)=O)ccc3c2n1Cc1ccc(OC)cc1OC. The third-order valence-electron chi connectivity index (χ3n) is 8.41. The zero-order valence-electron chi connectivity index (χ0n) is 28.4. The molecular formula is C37H45N5O6. The number of rotatable bonds is 17. The molecule has 0 unspecified atom stereocenters. The molecule has 0 saturated carbocycles. The lowest BCUT2D eigenvalue weighted by atomic mass is 10.0. The fourth-order valence-corrected chi connectivity index (χ4v) is 5.88. The zero-order valence-corrected chi connectivity index (χ0v) is 28.4. The number of primary amides is 1. The van der Waals surface area contributed by atoms with Gasteiger partial charge in [-0.3, -0.25) is 0 Å². The Morgan fingerprint density at radius 3 is 2.27 bits per heavy atom. The lowest BCUT2D eigenvalue weighted by Gasteiger charge is -2.16. The number of ether oxygens (including phenoxy) is 5. The highest BCUT2D eigenvalue weighted by molar-refractivity contribution is 6.08. The number of pyridine rings is 1. The highest BCUT2D eigenvalue weighted by Gasteiger charge is 2.21. The molecule has 0 aliphatic rings. The fourth-order valence-electron chi connectivity index (χ4n) is 5.88. The first kappa shape index (κ1) is 34.2. The second-order valence-electron chi connectivity index (χ2n) is 11.6. The molecule has 0 atom stereocenters. The Morgan fingerprint density at radius 1 is 0.812 bits per heavy atom. The van der Waals surface area contributed by atoms with Crippen LogP contribution in [-0.2, 0) is 24.1 Å². The van der Waals surface area contributed by atoms with Crippen molar-refractivity contribution in [2.75, 3.05) is 40.4 Å². The van der Waals surface area contributed by atoms with Crippen molar-refractivity contribution in [2.45, 2.75) is 58.4 Å². The predicted octanol–water partition coefficient (Wildman–Crippen LogP) is 7.56. The van der Waals surface area contributed by atoms with Gasteiger partial charge in [0.1, 0.15) is 34.3 Å². The number of carbonyl (C=O) groups excluding carboxylic acids is 1. The van der Waals surface area contributed by atoms with E-state index in [1.54, 1.807) is 28.4 Å². The molecule has 0 saturated heterocycles. The summed E-state index contributed by atoms with van der Waals surface area (Å²) in [5.41, 5.74) is 10.7. The smallest absolute Gasteiger partial charge is 0.404 e. The van der Waals surface area contributed by atoms with Gasteiger partial charge in [-0.05, 0) is 68.0 Å². The van der Waals surface area contributed by atoms with Crippen molar-refractivity contribution in [1.82, 2.24) is 14.5 Å². The summed E-state index contributed by atoms with van der Waals surface area (Å²) in [6.45, 7) is 3.08. The van der Waals surface area contributed by atoms with E-state index >= 15 is 0 Å². The van der Waals surface area contributed by atoms with Crippen molar-refractivity contribution in [3.63, 3.8) is 0 Å². The molecule has 0 fully saturated rings. The van der Waals surface area contributed by atoms with E-state index in [1.165, 1.54) is 5.56 Å². The summed E-state index contributed by atoms with van der Waals surface area (Å²) in [4.78, 5) is 21.3. The molecule has 2 aromatic heterocycles. The normalized spacial score (nSPS) is 11.1. The molecule has 0 bridgehead atoms. The molecule has 5 aromatic rings. The second-order valence-corrected chi connectivity index (χ2v) is 11.6. The molecule has 0 radical (unpaired) electrons. The Balaban J connectivity index is 1.63. The quantitative estimate of drug-likeness (QED) is 0.0974. The summed E-state index contributed by atoms with van der Waals surface area (Å²) in [6.07, 6.45) is 5.61. The standard InChI is InChI=1S/C37H45N5O6/c1-6-7-12-33-41-34-35(42(33)23-25-14-15-26(44-2)21-31(25)46-4)28-17-13-24(11-9-8-10-19-48-37(38)43)20-30(28)40-36(34)39-29-18-16-27(45-3)22-32(29)47-5/h13-18,20-22H,6-12,19,23H2,1-5H3,(H2,38,43)(H,39,40). The first-order valence-corrected chi connectivity index (χ1v) is 16.3. The van der Waals surface area contributed by atoms with Gasteiger partial charge in [-0.1, -0.05) is 25.5 Å². The zero-order chi connectivity index (χ0) is 34.0. The van der Waals surface area contributed by atoms with E-state index in [1.807, 2.05) is 36.4 Å². The Morgan fingerprint density at radius 2 is 1.56 bits per heavy atom. The fraction of sp³-hybridized carbons (Fsp3) is 0.378. The number of imidazole rings is 1. The molecule has 0 aliphatic carbocycles. The van der Waals surface area contributed by atoms with Crippen molar-refractivity contribution in [2.24, 2.45) is 5.73 Å². The third-order valence-corrected chi connectivity index (χ3v) is 8.41. The number of aromatic nitrogens is 3. The van der Waals surface area contributed by atoms with Gasteiger partial charge in [0.25, 0.3) is 0 Å². The lowest BCUT2D eigenvalue weighted by molar-refractivity contribution is 0.154. The maximum absolute atomic E-state index is 10.9. The Kier molecular flexibility index (Phi) is 11.4. The number of benzene rings is 3. The van der Waals surface area contributed by atoms with Crippen LogP contribution in [0.4, 0.5) is 16.3 Å². The number of fused-ring (bicyclic) bond motifs is 3. The van der Waals surface area contributed by atoms with E-state index in [9.17, 15) is 4.79 Å². The number of nitrogens with zero attached hydrogens (tertiary/aromatic N) is 3. The van der Waals surface area contributed by atoms with E-state index in [-0.39, 0.29) is 0 Å². The number of hydrogen-bond acceptors (Lipinski definition) is 9. The van der Waals surface area contributed by atoms with Crippen LogP contribution < -0.4 is 30.0 Å². The average molecular weight is 656 g/mol. The van der Waals surface area contributed by atoms with Crippen molar-refractivity contribution in [1.29, 1.82) is 0 Å². The minimum Gasteiger partial charge on any atom is -0.497 e. The Labute approximate surface area is 281 Å². The number of hydrogen-bond donors (Lipinski definition) is 2. The van der Waals surface area contributed by atoms with Gasteiger partial charge in [0.15, 0.2) is 5.82 Å². The van der Waals surface area contributed by atoms with Gasteiger partial charge in [-0.15, -0.1) is 0 Å². The van der Waals surface area contributed by atoms with Crippen LogP contribution in [0.1, 0.15) is 56.0 Å². The summed E-state index contributed by atoms with van der Waals surface area (Å²) in [7, 11) is 6.59. The molecule has 5 rings (SSSR count). The lowest BCUT2D eigenvalue weighted by Crippen LogP contribution is -2.13. The first-order chi connectivity index (χ1) is 23.4. The molecule has 1 amide bonds. The minimum atomic E-state index is -0.735. The molecular weight excluding hydrogens is 610 g/mol. The van der Waals surface area contributed by atoms with Crippen molar-refractivity contribution < 1.29 is 28.5 Å². The maximum Gasteiger partial charge on any atom is 0.404 e. The average Bonchev–Trinajstić information content (AvgIpc) is 3.47. The van der Waals surface area contributed by atoms with Crippen molar-refractivity contribution >= 4 is 39.5 Å². The van der Waals surface area contributed by atoms with Crippen LogP contribution in [0, 0.1) is 0 Å². The van der Waals surface area contributed by atoms with E-state index in [0.29, 0.717) is 30.5 Å². The number of unbranched alkanes of at least 4 members (excludes halogenated alkanes) is 3. The number of methoxy groups -OCH3 is 4. The molecule has 11 heteroatoms. The van der Waals surface area contributed by atoms with Crippen LogP contribution in [0.15, 0.2) is 54.6 Å². The molecule has 3 aromatic carbocycles. The Bertz CT molecular complexity index is 1870. The van der Waals surface area contributed by atoms with Gasteiger partial charge < -0.3 is 39.3 Å². The predicted molar refractivity (Wildman–Crippen MR) is 188 cm³/mol. The summed E-state index contributed by atoms with van der Waals surface area (Å²) in [5.74, 6) is 4.43. The molecule has 0 spiro atoms. The van der Waals surface area contributed by atoms with Gasteiger partial charge in [0.05, 0.1) is 58.3 Å². The summed E-state index contributed by atoms with van der Waals surface area (Å²) >= 11 is 0. The van der Waals surface area contributed by atoms with Gasteiger partial charge in [0.2, 0.25) is 0 Å². The summed E-state index contributed by atoms with van der Waals surface area (Å²) in [6, 6.07) is 18.0. The van der Waals surface area contributed by atoms with Gasteiger partial charge >= 0.3 is 6.09 Å². The molecule has 2 heterocycles. The van der Waals surface area contributed by atoms with Crippen molar-refractivity contribution in [3.8, 4) is 23.0 Å².